The molecule has 2 N–H and O–H groups in total. The molecular formula is C22H37N3O3S. The van der Waals surface area contributed by atoms with Crippen molar-refractivity contribution in [2.45, 2.75) is 78.2 Å². The summed E-state index contributed by atoms with van der Waals surface area (Å²) in [7, 11) is -3.67. The highest BCUT2D eigenvalue weighted by Gasteiger charge is 2.24. The van der Waals surface area contributed by atoms with E-state index < -0.39 is 10.0 Å². The third-order valence-electron chi connectivity index (χ3n) is 6.53. The third-order valence-corrected chi connectivity index (χ3v) is 8.27. The maximum absolute atomic E-state index is 12.9. The van der Waals surface area contributed by atoms with Gasteiger partial charge in [-0.2, -0.15) is 0 Å². The van der Waals surface area contributed by atoms with Gasteiger partial charge in [-0.05, 0) is 88.4 Å². The molecule has 1 aromatic carbocycles. The standard InChI is InChI=1S/C22H37N3O3S/c1-7-25-13-9-8-10-20(25)14-23-21(26)11-12-24-29(27,28)22-18(5)16(3)15(2)17(4)19(22)6/h20,24H,7-14H2,1-6H3,(H,23,26). The van der Waals surface area contributed by atoms with Gasteiger partial charge in [0, 0.05) is 25.6 Å². The molecule has 1 unspecified atom stereocenters. The molecule has 0 aliphatic carbocycles. The second kappa shape index (κ2) is 10.0. The molecule has 1 saturated heterocycles. The van der Waals surface area contributed by atoms with Gasteiger partial charge in [0.2, 0.25) is 15.9 Å². The lowest BCUT2D eigenvalue weighted by Crippen LogP contribution is -2.46. The van der Waals surface area contributed by atoms with E-state index >= 15 is 0 Å². The highest BCUT2D eigenvalue weighted by Crippen LogP contribution is 2.29. The summed E-state index contributed by atoms with van der Waals surface area (Å²) in [6, 6.07) is 0.387. The van der Waals surface area contributed by atoms with Crippen molar-refractivity contribution in [1.29, 1.82) is 0 Å². The lowest BCUT2D eigenvalue weighted by Gasteiger charge is -2.34. The van der Waals surface area contributed by atoms with Crippen molar-refractivity contribution in [3.05, 3.63) is 27.8 Å². The molecule has 1 amide bonds. The summed E-state index contributed by atoms with van der Waals surface area (Å²) in [5.74, 6) is -0.112. The van der Waals surface area contributed by atoms with Crippen LogP contribution in [0, 0.1) is 34.6 Å². The first kappa shape index (κ1) is 23.8. The number of sulfonamides is 1. The van der Waals surface area contributed by atoms with E-state index in [0.717, 1.165) is 47.3 Å². The summed E-state index contributed by atoms with van der Waals surface area (Å²) in [5.41, 5.74) is 4.68. The fourth-order valence-electron chi connectivity index (χ4n) is 4.27. The number of likely N-dealkylation sites (tertiary alicyclic amines) is 1. The fourth-order valence-corrected chi connectivity index (χ4v) is 5.89. The topological polar surface area (TPSA) is 78.5 Å². The fraction of sp³-hybridized carbons (Fsp3) is 0.682. The average Bonchev–Trinajstić information content (AvgIpc) is 2.69. The Morgan fingerprint density at radius 1 is 1.00 bits per heavy atom. The van der Waals surface area contributed by atoms with E-state index in [1.165, 1.54) is 12.8 Å². The van der Waals surface area contributed by atoms with E-state index in [-0.39, 0.29) is 18.9 Å². The smallest absolute Gasteiger partial charge is 0.241 e. The quantitative estimate of drug-likeness (QED) is 0.674. The van der Waals surface area contributed by atoms with Gasteiger partial charge >= 0.3 is 0 Å². The Kier molecular flexibility index (Phi) is 8.26. The molecule has 1 heterocycles. The van der Waals surface area contributed by atoms with Crippen LogP contribution >= 0.6 is 0 Å². The van der Waals surface area contributed by atoms with Crippen molar-refractivity contribution < 1.29 is 13.2 Å². The van der Waals surface area contributed by atoms with Crippen LogP contribution in [0.5, 0.6) is 0 Å². The molecule has 0 spiro atoms. The molecule has 29 heavy (non-hydrogen) atoms. The largest absolute Gasteiger partial charge is 0.354 e. The van der Waals surface area contributed by atoms with Gasteiger partial charge in [0.25, 0.3) is 0 Å². The molecule has 2 rings (SSSR count). The number of carbonyl (C=O) groups excluding carboxylic acids is 1. The number of amides is 1. The first-order valence-corrected chi connectivity index (χ1v) is 12.2. The molecule has 0 radical (unpaired) electrons. The highest BCUT2D eigenvalue weighted by atomic mass is 32.2. The van der Waals surface area contributed by atoms with Gasteiger partial charge in [0.15, 0.2) is 0 Å². The molecular weight excluding hydrogens is 386 g/mol. The van der Waals surface area contributed by atoms with Gasteiger partial charge in [0.05, 0.1) is 4.90 Å². The Balaban J connectivity index is 1.94. The zero-order valence-corrected chi connectivity index (χ0v) is 19.6. The first-order chi connectivity index (χ1) is 13.6. The summed E-state index contributed by atoms with van der Waals surface area (Å²) in [4.78, 5) is 15.0. The monoisotopic (exact) mass is 423 g/mol. The molecule has 1 aliphatic heterocycles. The molecule has 7 heteroatoms. The van der Waals surface area contributed by atoms with Crippen molar-refractivity contribution in [1.82, 2.24) is 14.9 Å². The van der Waals surface area contributed by atoms with Gasteiger partial charge in [-0.15, -0.1) is 0 Å². The van der Waals surface area contributed by atoms with E-state index in [2.05, 4.69) is 21.9 Å². The number of likely N-dealkylation sites (N-methyl/N-ethyl adjacent to an activating group) is 1. The Morgan fingerprint density at radius 2 is 1.59 bits per heavy atom. The number of hydrogen-bond donors (Lipinski definition) is 2. The minimum atomic E-state index is -3.67. The van der Waals surface area contributed by atoms with Crippen LogP contribution in [0.25, 0.3) is 0 Å². The summed E-state index contributed by atoms with van der Waals surface area (Å²) >= 11 is 0. The summed E-state index contributed by atoms with van der Waals surface area (Å²) in [6.45, 7) is 14.6. The second-order valence-electron chi connectivity index (χ2n) is 8.18. The van der Waals surface area contributed by atoms with E-state index in [1.54, 1.807) is 0 Å². The van der Waals surface area contributed by atoms with Gasteiger partial charge < -0.3 is 5.32 Å². The molecule has 1 fully saturated rings. The number of rotatable bonds is 8. The average molecular weight is 424 g/mol. The molecule has 0 aromatic heterocycles. The number of benzene rings is 1. The summed E-state index contributed by atoms with van der Waals surface area (Å²) in [6.07, 6.45) is 3.66. The van der Waals surface area contributed by atoms with E-state index in [4.69, 9.17) is 0 Å². The maximum atomic E-state index is 12.9. The van der Waals surface area contributed by atoms with Crippen LogP contribution in [0.3, 0.4) is 0 Å². The lowest BCUT2D eigenvalue weighted by atomic mass is 9.95. The maximum Gasteiger partial charge on any atom is 0.241 e. The number of nitrogens with zero attached hydrogens (tertiary/aromatic N) is 1. The van der Waals surface area contributed by atoms with Gasteiger partial charge in [-0.3, -0.25) is 9.69 Å². The van der Waals surface area contributed by atoms with Crippen LogP contribution in [0.2, 0.25) is 0 Å². The summed E-state index contributed by atoms with van der Waals surface area (Å²) in [5, 5.41) is 2.98. The van der Waals surface area contributed by atoms with Crippen LogP contribution in [0.4, 0.5) is 0 Å². The number of nitrogens with one attached hydrogen (secondary N) is 2. The normalized spacial score (nSPS) is 18.1. The van der Waals surface area contributed by atoms with Crippen molar-refractivity contribution in [2.75, 3.05) is 26.2 Å². The molecule has 1 aromatic rings. The minimum absolute atomic E-state index is 0.0984. The van der Waals surface area contributed by atoms with E-state index in [1.807, 2.05) is 34.6 Å². The van der Waals surface area contributed by atoms with E-state index in [0.29, 0.717) is 17.5 Å². The highest BCUT2D eigenvalue weighted by molar-refractivity contribution is 7.89. The van der Waals surface area contributed by atoms with Crippen LogP contribution in [0.15, 0.2) is 4.90 Å². The number of hydrogen-bond acceptors (Lipinski definition) is 4. The minimum Gasteiger partial charge on any atom is -0.354 e. The van der Waals surface area contributed by atoms with Crippen molar-refractivity contribution in [2.24, 2.45) is 0 Å². The Bertz CT molecular complexity index is 820. The molecule has 0 saturated carbocycles. The van der Waals surface area contributed by atoms with Crippen molar-refractivity contribution >= 4 is 15.9 Å². The molecule has 1 aliphatic rings. The van der Waals surface area contributed by atoms with Crippen LogP contribution in [0.1, 0.15) is 60.4 Å². The Labute approximate surface area is 176 Å². The Hall–Kier alpha value is -1.44. The van der Waals surface area contributed by atoms with Crippen LogP contribution < -0.4 is 10.0 Å². The molecule has 164 valence electrons. The zero-order chi connectivity index (χ0) is 21.8. The number of carbonyl (C=O) groups is 1. The molecule has 0 bridgehead atoms. The van der Waals surface area contributed by atoms with Crippen molar-refractivity contribution in [3.8, 4) is 0 Å². The second-order valence-corrected chi connectivity index (χ2v) is 9.89. The van der Waals surface area contributed by atoms with E-state index in [9.17, 15) is 13.2 Å². The predicted molar refractivity (Wildman–Crippen MR) is 118 cm³/mol. The zero-order valence-electron chi connectivity index (χ0n) is 18.8. The SMILES string of the molecule is CCN1CCCCC1CNC(=O)CCNS(=O)(=O)c1c(C)c(C)c(C)c(C)c1C. The third kappa shape index (κ3) is 5.58. The van der Waals surface area contributed by atoms with Crippen LogP contribution in [-0.2, 0) is 14.8 Å². The Morgan fingerprint density at radius 3 is 2.17 bits per heavy atom. The van der Waals surface area contributed by atoms with Gasteiger partial charge in [-0.25, -0.2) is 13.1 Å². The summed E-state index contributed by atoms with van der Waals surface area (Å²) < 4.78 is 28.4. The first-order valence-electron chi connectivity index (χ1n) is 10.7. The van der Waals surface area contributed by atoms with Gasteiger partial charge in [0.1, 0.15) is 0 Å². The molecule has 6 nitrogen and oxygen atoms in total. The molecule has 1 atom stereocenters. The lowest BCUT2D eigenvalue weighted by molar-refractivity contribution is -0.121. The van der Waals surface area contributed by atoms with Gasteiger partial charge in [-0.1, -0.05) is 13.3 Å². The number of piperidine rings is 1. The van der Waals surface area contributed by atoms with Crippen molar-refractivity contribution in [3.63, 3.8) is 0 Å². The van der Waals surface area contributed by atoms with Crippen LogP contribution in [-0.4, -0.2) is 51.4 Å². The predicted octanol–water partition coefficient (Wildman–Crippen LogP) is 2.89.